The van der Waals surface area contributed by atoms with Gasteiger partial charge in [0.1, 0.15) is 0 Å². The number of hydrogen-bond donors (Lipinski definition) is 1. The van der Waals surface area contributed by atoms with Crippen LogP contribution in [-0.4, -0.2) is 45.9 Å². The minimum absolute atomic E-state index is 0.390. The second-order valence-electron chi connectivity index (χ2n) is 4.78. The summed E-state index contributed by atoms with van der Waals surface area (Å²) >= 11 is 0. The highest BCUT2D eigenvalue weighted by Gasteiger charge is 2.26. The van der Waals surface area contributed by atoms with Crippen LogP contribution in [0.5, 0.6) is 0 Å². The minimum atomic E-state index is -0.898. The number of fused-ring (bicyclic) bond motifs is 1. The number of aromatic nitrogens is 7. The van der Waals surface area contributed by atoms with Crippen molar-refractivity contribution >= 4 is 11.5 Å². The highest BCUT2D eigenvalue weighted by atomic mass is 16.4. The van der Waals surface area contributed by atoms with Crippen LogP contribution in [0.2, 0.25) is 0 Å². The molecular weight excluding hydrogens is 274 g/mol. The molecule has 1 N–H and O–H groups in total. The summed E-state index contributed by atoms with van der Waals surface area (Å²) in [4.78, 5) is 15.2. The van der Waals surface area contributed by atoms with Crippen molar-refractivity contribution in [1.29, 1.82) is 0 Å². The van der Waals surface area contributed by atoms with Crippen molar-refractivity contribution in [2.45, 2.75) is 19.9 Å². The summed E-state index contributed by atoms with van der Waals surface area (Å²) < 4.78 is 3.16. The van der Waals surface area contributed by atoms with E-state index in [1.165, 1.54) is 4.68 Å². The molecule has 3 aromatic rings. The van der Waals surface area contributed by atoms with E-state index in [4.69, 9.17) is 5.11 Å². The maximum Gasteiger partial charge on any atom is 0.308 e. The van der Waals surface area contributed by atoms with Crippen molar-refractivity contribution in [2.24, 2.45) is 5.92 Å². The van der Waals surface area contributed by atoms with E-state index in [0.29, 0.717) is 11.4 Å². The maximum atomic E-state index is 11.1. The van der Waals surface area contributed by atoms with Crippen LogP contribution in [0.3, 0.4) is 0 Å². The second-order valence-corrected chi connectivity index (χ2v) is 4.78. The molecular formula is C12H13N7O2. The van der Waals surface area contributed by atoms with Crippen molar-refractivity contribution in [3.63, 3.8) is 0 Å². The Bertz CT molecular complexity index is 794. The smallest absolute Gasteiger partial charge is 0.308 e. The Labute approximate surface area is 119 Å². The largest absolute Gasteiger partial charge is 0.481 e. The highest BCUT2D eigenvalue weighted by Crippen LogP contribution is 2.26. The molecule has 0 aliphatic rings. The van der Waals surface area contributed by atoms with Gasteiger partial charge in [-0.3, -0.25) is 9.78 Å². The van der Waals surface area contributed by atoms with Gasteiger partial charge in [-0.05, 0) is 24.3 Å². The number of nitrogens with zero attached hydrogens (tertiary/aromatic N) is 7. The first kappa shape index (κ1) is 13.2. The first-order valence-electron chi connectivity index (χ1n) is 6.38. The number of aliphatic carboxylic acids is 1. The van der Waals surface area contributed by atoms with E-state index < -0.39 is 11.9 Å². The average Bonchev–Trinajstić information content (AvgIpc) is 3.11. The van der Waals surface area contributed by atoms with Gasteiger partial charge in [0.2, 0.25) is 0 Å². The third-order valence-electron chi connectivity index (χ3n) is 3.56. The lowest BCUT2D eigenvalue weighted by molar-refractivity contribution is -0.142. The zero-order valence-electron chi connectivity index (χ0n) is 11.5. The van der Waals surface area contributed by atoms with Gasteiger partial charge >= 0.3 is 5.97 Å². The first-order valence-corrected chi connectivity index (χ1v) is 6.38. The van der Waals surface area contributed by atoms with E-state index in [9.17, 15) is 4.79 Å². The van der Waals surface area contributed by atoms with Gasteiger partial charge in [-0.25, -0.2) is 9.20 Å². The lowest BCUT2D eigenvalue weighted by Gasteiger charge is -2.16. The van der Waals surface area contributed by atoms with Crippen molar-refractivity contribution < 1.29 is 9.90 Å². The normalized spacial score (nSPS) is 14.2. The molecule has 0 saturated carbocycles. The molecule has 3 aromatic heterocycles. The number of carboxylic acid groups (broad SMARTS) is 1. The first-order chi connectivity index (χ1) is 10.1. The Morgan fingerprint density at radius 3 is 2.90 bits per heavy atom. The summed E-state index contributed by atoms with van der Waals surface area (Å²) in [7, 11) is 0. The lowest BCUT2D eigenvalue weighted by Crippen LogP contribution is -2.23. The number of hydrogen-bond acceptors (Lipinski definition) is 6. The van der Waals surface area contributed by atoms with Crippen molar-refractivity contribution in [2.75, 3.05) is 0 Å². The molecule has 0 amide bonds. The number of carbonyl (C=O) groups is 1. The quantitative estimate of drug-likeness (QED) is 0.750. The van der Waals surface area contributed by atoms with Crippen LogP contribution in [0.15, 0.2) is 24.8 Å². The molecule has 2 unspecified atom stereocenters. The average molecular weight is 287 g/mol. The van der Waals surface area contributed by atoms with Crippen LogP contribution in [0.4, 0.5) is 0 Å². The molecule has 0 aromatic carbocycles. The van der Waals surface area contributed by atoms with Crippen LogP contribution >= 0.6 is 0 Å². The van der Waals surface area contributed by atoms with Crippen LogP contribution in [0.1, 0.15) is 19.9 Å². The molecule has 0 fully saturated rings. The Balaban J connectivity index is 2.09. The fraction of sp³-hybridized carbons (Fsp3) is 0.333. The highest BCUT2D eigenvalue weighted by molar-refractivity contribution is 5.75. The van der Waals surface area contributed by atoms with Crippen LogP contribution in [0.25, 0.3) is 16.9 Å². The van der Waals surface area contributed by atoms with E-state index >= 15 is 0 Å². The Hall–Kier alpha value is -2.84. The molecule has 0 aliphatic carbocycles. The van der Waals surface area contributed by atoms with E-state index in [-0.39, 0.29) is 6.04 Å². The van der Waals surface area contributed by atoms with Gasteiger partial charge in [-0.15, -0.1) is 5.10 Å². The fourth-order valence-corrected chi connectivity index (χ4v) is 2.07. The van der Waals surface area contributed by atoms with Crippen LogP contribution in [0, 0.1) is 5.92 Å². The van der Waals surface area contributed by atoms with Gasteiger partial charge in [0, 0.05) is 12.4 Å². The summed E-state index contributed by atoms with van der Waals surface area (Å²) in [6, 6.07) is -0.390. The zero-order chi connectivity index (χ0) is 15.0. The summed E-state index contributed by atoms with van der Waals surface area (Å²) in [5.74, 6) is -1.05. The maximum absolute atomic E-state index is 11.1. The van der Waals surface area contributed by atoms with Crippen LogP contribution < -0.4 is 0 Å². The predicted octanol–water partition coefficient (Wildman–Crippen LogP) is 0.664. The molecule has 9 nitrogen and oxygen atoms in total. The second kappa shape index (κ2) is 4.93. The van der Waals surface area contributed by atoms with Gasteiger partial charge in [0.05, 0.1) is 35.4 Å². The fourth-order valence-electron chi connectivity index (χ4n) is 2.07. The molecule has 3 rings (SSSR count). The van der Waals surface area contributed by atoms with Crippen molar-refractivity contribution in [3.8, 4) is 11.4 Å². The van der Waals surface area contributed by atoms with Crippen LogP contribution in [-0.2, 0) is 4.79 Å². The molecule has 9 heteroatoms. The van der Waals surface area contributed by atoms with Gasteiger partial charge < -0.3 is 5.11 Å². The summed E-state index contributed by atoms with van der Waals surface area (Å²) in [6.45, 7) is 3.39. The molecule has 0 radical (unpaired) electrons. The Morgan fingerprint density at radius 2 is 2.14 bits per heavy atom. The van der Waals surface area contributed by atoms with Gasteiger partial charge in [-0.1, -0.05) is 0 Å². The monoisotopic (exact) mass is 287 g/mol. The van der Waals surface area contributed by atoms with E-state index in [1.54, 1.807) is 43.2 Å². The molecule has 0 aliphatic heterocycles. The molecule has 108 valence electrons. The standard InChI is InChI=1S/C12H13N7O2/c1-7(12(20)21)8(2)19-11(15-16-17-19)9-5-14-18-4-3-13-6-10(9)18/h3-8H,1-2H3,(H,20,21). The molecule has 21 heavy (non-hydrogen) atoms. The van der Waals surface area contributed by atoms with Gasteiger partial charge in [0.15, 0.2) is 5.82 Å². The Morgan fingerprint density at radius 1 is 1.33 bits per heavy atom. The summed E-state index contributed by atoms with van der Waals surface area (Å²) in [5.41, 5.74) is 1.46. The molecule has 2 atom stereocenters. The SMILES string of the molecule is CC(C(=O)O)C(C)n1nnnc1-c1cnn2ccncc12. The molecule has 3 heterocycles. The topological polar surface area (TPSA) is 111 Å². The minimum Gasteiger partial charge on any atom is -0.481 e. The lowest BCUT2D eigenvalue weighted by atomic mass is 10.0. The number of rotatable bonds is 4. The molecule has 0 bridgehead atoms. The molecule has 0 saturated heterocycles. The van der Waals surface area contributed by atoms with Gasteiger partial charge in [-0.2, -0.15) is 5.10 Å². The van der Waals surface area contributed by atoms with Gasteiger partial charge in [0.25, 0.3) is 0 Å². The zero-order valence-corrected chi connectivity index (χ0v) is 11.5. The number of tetrazole rings is 1. The summed E-state index contributed by atoms with van der Waals surface area (Å²) in [5, 5.41) is 24.9. The summed E-state index contributed by atoms with van der Waals surface area (Å²) in [6.07, 6.45) is 6.64. The van der Waals surface area contributed by atoms with E-state index in [1.807, 2.05) is 0 Å². The predicted molar refractivity (Wildman–Crippen MR) is 71.3 cm³/mol. The van der Waals surface area contributed by atoms with Crippen molar-refractivity contribution in [1.82, 2.24) is 34.8 Å². The Kier molecular flexibility index (Phi) is 3.09. The van der Waals surface area contributed by atoms with E-state index in [0.717, 1.165) is 5.52 Å². The third-order valence-corrected chi connectivity index (χ3v) is 3.56. The van der Waals surface area contributed by atoms with Crippen molar-refractivity contribution in [3.05, 3.63) is 24.8 Å². The third kappa shape index (κ3) is 2.12. The van der Waals surface area contributed by atoms with E-state index in [2.05, 4.69) is 25.6 Å². The molecule has 0 spiro atoms. The number of carboxylic acids is 1.